The Labute approximate surface area is 203 Å². The first-order chi connectivity index (χ1) is 16.0. The number of aromatic nitrogens is 7. The fourth-order valence-electron chi connectivity index (χ4n) is 4.74. The van der Waals surface area contributed by atoms with Crippen LogP contribution in [-0.4, -0.2) is 48.0 Å². The molecule has 11 heteroatoms. The first kappa shape index (κ1) is 22.7. The van der Waals surface area contributed by atoms with Gasteiger partial charge >= 0.3 is 0 Å². The standard InChI is InChI=1S/C23H27N9O.ClH/c1-11(2)32-23-17(21(24)27-10-28-23)18(30-32)19-16(20(33-31-19)13-4-5-13)22-26-9-15(12(3)29-22)14-6-7-25-8-14;/h9-11,13-14,25H,4-8H2,1-3H3,(H2,24,27,28);1H/t14-;/m1./s1. The molecule has 2 aliphatic rings. The van der Waals surface area contributed by atoms with Crippen LogP contribution in [0.1, 0.15) is 68.0 Å². The Balaban J connectivity index is 0.00000241. The van der Waals surface area contributed by atoms with Gasteiger partial charge in [0.15, 0.2) is 17.2 Å². The van der Waals surface area contributed by atoms with Crippen LogP contribution in [0, 0.1) is 6.92 Å². The molecule has 0 aromatic carbocycles. The van der Waals surface area contributed by atoms with E-state index in [0.717, 1.165) is 49.4 Å². The predicted molar refractivity (Wildman–Crippen MR) is 131 cm³/mol. The van der Waals surface area contributed by atoms with Crippen LogP contribution >= 0.6 is 12.4 Å². The highest BCUT2D eigenvalue weighted by molar-refractivity contribution is 6.00. The Morgan fingerprint density at radius 1 is 1.12 bits per heavy atom. The molecule has 1 saturated carbocycles. The minimum atomic E-state index is 0. The largest absolute Gasteiger partial charge is 0.383 e. The lowest BCUT2D eigenvalue weighted by molar-refractivity contribution is 0.386. The van der Waals surface area contributed by atoms with Crippen LogP contribution in [0.3, 0.4) is 0 Å². The van der Waals surface area contributed by atoms with Crippen LogP contribution in [-0.2, 0) is 0 Å². The molecular weight excluding hydrogens is 454 g/mol. The molecule has 4 aromatic heterocycles. The van der Waals surface area contributed by atoms with Gasteiger partial charge in [-0.05, 0) is 52.1 Å². The van der Waals surface area contributed by atoms with Gasteiger partial charge in [0.1, 0.15) is 23.5 Å². The van der Waals surface area contributed by atoms with E-state index in [0.29, 0.717) is 45.9 Å². The lowest BCUT2D eigenvalue weighted by Crippen LogP contribution is -2.10. The maximum absolute atomic E-state index is 6.29. The smallest absolute Gasteiger partial charge is 0.165 e. The Morgan fingerprint density at radius 2 is 1.94 bits per heavy atom. The van der Waals surface area contributed by atoms with Crippen LogP contribution in [0.2, 0.25) is 0 Å². The van der Waals surface area contributed by atoms with Crippen molar-refractivity contribution >= 4 is 29.3 Å². The van der Waals surface area contributed by atoms with Gasteiger partial charge in [-0.1, -0.05) is 5.16 Å². The number of halogens is 1. The summed E-state index contributed by atoms with van der Waals surface area (Å²) in [4.78, 5) is 18.4. The molecular formula is C23H28ClN9O. The number of anilines is 1. The maximum atomic E-state index is 6.29. The summed E-state index contributed by atoms with van der Waals surface area (Å²) in [5, 5.41) is 13.4. The number of nitrogen functional groups attached to an aromatic ring is 1. The molecule has 2 fully saturated rings. The van der Waals surface area contributed by atoms with E-state index >= 15 is 0 Å². The molecule has 4 aromatic rings. The van der Waals surface area contributed by atoms with Crippen molar-refractivity contribution in [3.05, 3.63) is 29.5 Å². The van der Waals surface area contributed by atoms with E-state index in [4.69, 9.17) is 25.3 Å². The number of nitrogens with zero attached hydrogens (tertiary/aromatic N) is 7. The minimum Gasteiger partial charge on any atom is -0.383 e. The van der Waals surface area contributed by atoms with E-state index in [-0.39, 0.29) is 18.4 Å². The topological polar surface area (TPSA) is 133 Å². The van der Waals surface area contributed by atoms with Gasteiger partial charge in [-0.25, -0.2) is 24.6 Å². The van der Waals surface area contributed by atoms with Crippen LogP contribution in [0.15, 0.2) is 17.0 Å². The number of aryl methyl sites for hydroxylation is 1. The summed E-state index contributed by atoms with van der Waals surface area (Å²) in [7, 11) is 0. The quantitative estimate of drug-likeness (QED) is 0.436. The van der Waals surface area contributed by atoms with Crippen LogP contribution in [0.5, 0.6) is 0 Å². The van der Waals surface area contributed by atoms with Crippen molar-refractivity contribution in [2.24, 2.45) is 0 Å². The predicted octanol–water partition coefficient (Wildman–Crippen LogP) is 3.79. The third kappa shape index (κ3) is 3.61. The second kappa shape index (κ2) is 8.59. The van der Waals surface area contributed by atoms with Gasteiger partial charge in [0, 0.05) is 36.3 Å². The SMILES string of the molecule is Cc1nc(-c2c(-c3nn(C(C)C)c4ncnc(N)c34)noc2C2CC2)ncc1[C@@H]1CCNC1.Cl. The van der Waals surface area contributed by atoms with Crippen molar-refractivity contribution in [2.45, 2.75) is 57.9 Å². The molecule has 178 valence electrons. The normalized spacial score (nSPS) is 18.1. The van der Waals surface area contributed by atoms with Gasteiger partial charge in [0.25, 0.3) is 0 Å². The minimum absolute atomic E-state index is 0. The van der Waals surface area contributed by atoms with Crippen LogP contribution in [0.4, 0.5) is 5.82 Å². The summed E-state index contributed by atoms with van der Waals surface area (Å²) in [6, 6.07) is 0.0894. The van der Waals surface area contributed by atoms with Crippen LogP contribution < -0.4 is 11.1 Å². The summed E-state index contributed by atoms with van der Waals surface area (Å²) < 4.78 is 7.73. The highest BCUT2D eigenvalue weighted by Gasteiger charge is 2.36. The highest BCUT2D eigenvalue weighted by Crippen LogP contribution is 2.48. The molecule has 1 aliphatic carbocycles. The summed E-state index contributed by atoms with van der Waals surface area (Å²) in [6.45, 7) is 8.15. The maximum Gasteiger partial charge on any atom is 0.165 e. The average molecular weight is 482 g/mol. The molecule has 6 rings (SSSR count). The molecule has 1 aliphatic heterocycles. The molecule has 5 heterocycles. The lowest BCUT2D eigenvalue weighted by Gasteiger charge is -2.12. The molecule has 0 amide bonds. The fraction of sp³-hybridized carbons (Fsp3) is 0.478. The summed E-state index contributed by atoms with van der Waals surface area (Å²) in [5.74, 6) is 2.58. The van der Waals surface area contributed by atoms with Gasteiger partial charge in [0.05, 0.1) is 10.9 Å². The molecule has 0 bridgehead atoms. The molecule has 10 nitrogen and oxygen atoms in total. The second-order valence-corrected chi connectivity index (χ2v) is 9.31. The molecule has 0 radical (unpaired) electrons. The van der Waals surface area contributed by atoms with Crippen molar-refractivity contribution in [1.29, 1.82) is 0 Å². The molecule has 0 unspecified atom stereocenters. The van der Waals surface area contributed by atoms with Gasteiger partial charge in [-0.15, -0.1) is 12.4 Å². The van der Waals surface area contributed by atoms with Gasteiger partial charge in [-0.3, -0.25) is 0 Å². The summed E-state index contributed by atoms with van der Waals surface area (Å²) in [6.07, 6.45) is 6.67. The zero-order valence-corrected chi connectivity index (χ0v) is 20.3. The van der Waals surface area contributed by atoms with E-state index in [1.54, 1.807) is 0 Å². The lowest BCUT2D eigenvalue weighted by atomic mass is 9.98. The second-order valence-electron chi connectivity index (χ2n) is 9.31. The Bertz CT molecular complexity index is 1350. The number of hydrogen-bond donors (Lipinski definition) is 2. The fourth-order valence-corrected chi connectivity index (χ4v) is 4.74. The number of nitrogens with two attached hydrogens (primary N) is 1. The third-order valence-electron chi connectivity index (χ3n) is 6.64. The van der Waals surface area contributed by atoms with Crippen molar-refractivity contribution in [2.75, 3.05) is 18.8 Å². The molecule has 1 atom stereocenters. The number of fused-ring (bicyclic) bond motifs is 1. The van der Waals surface area contributed by atoms with Gasteiger partial charge < -0.3 is 15.6 Å². The van der Waals surface area contributed by atoms with Crippen molar-refractivity contribution in [3.63, 3.8) is 0 Å². The van der Waals surface area contributed by atoms with Crippen molar-refractivity contribution in [1.82, 2.24) is 40.2 Å². The van der Waals surface area contributed by atoms with Gasteiger partial charge in [0.2, 0.25) is 0 Å². The zero-order chi connectivity index (χ0) is 22.7. The first-order valence-electron chi connectivity index (χ1n) is 11.6. The van der Waals surface area contributed by atoms with E-state index in [1.807, 2.05) is 10.9 Å². The Hall–Kier alpha value is -3.11. The Morgan fingerprint density at radius 3 is 2.62 bits per heavy atom. The molecule has 0 spiro atoms. The zero-order valence-electron chi connectivity index (χ0n) is 19.4. The van der Waals surface area contributed by atoms with E-state index < -0.39 is 0 Å². The van der Waals surface area contributed by atoms with Gasteiger partial charge in [-0.2, -0.15) is 5.10 Å². The highest BCUT2D eigenvalue weighted by atomic mass is 35.5. The summed E-state index contributed by atoms with van der Waals surface area (Å²) >= 11 is 0. The molecule has 34 heavy (non-hydrogen) atoms. The van der Waals surface area contributed by atoms with Crippen molar-refractivity contribution < 1.29 is 4.52 Å². The number of hydrogen-bond acceptors (Lipinski definition) is 9. The molecule has 3 N–H and O–H groups in total. The Kier molecular flexibility index (Phi) is 5.73. The van der Waals surface area contributed by atoms with Crippen LogP contribution in [0.25, 0.3) is 33.8 Å². The average Bonchev–Trinajstić information content (AvgIpc) is 3.19. The first-order valence-corrected chi connectivity index (χ1v) is 11.6. The van der Waals surface area contributed by atoms with E-state index in [9.17, 15) is 0 Å². The number of rotatable bonds is 5. The third-order valence-corrected chi connectivity index (χ3v) is 6.64. The number of nitrogens with one attached hydrogen (secondary N) is 1. The van der Waals surface area contributed by atoms with E-state index in [2.05, 4.69) is 41.2 Å². The monoisotopic (exact) mass is 481 g/mol. The van der Waals surface area contributed by atoms with E-state index in [1.165, 1.54) is 11.9 Å². The molecule has 1 saturated heterocycles. The summed E-state index contributed by atoms with van der Waals surface area (Å²) in [5.41, 5.74) is 11.2. The van der Waals surface area contributed by atoms with Crippen molar-refractivity contribution in [3.8, 4) is 22.8 Å².